The first kappa shape index (κ1) is 95.5. The molecule has 2 saturated heterocycles. The Hall–Kier alpha value is -3.61. The Morgan fingerprint density at radius 2 is 0.680 bits per heavy atom. The number of allylic oxidation sites excluding steroid dienone is 19. The Labute approximate surface area is 628 Å². The molecule has 0 aromatic rings. The van der Waals surface area contributed by atoms with Crippen molar-refractivity contribution in [1.29, 1.82) is 0 Å². The predicted molar refractivity (Wildman–Crippen MR) is 429 cm³/mol. The van der Waals surface area contributed by atoms with Crippen LogP contribution in [0.3, 0.4) is 0 Å². The van der Waals surface area contributed by atoms with Gasteiger partial charge < -0.3 is 65.1 Å². The summed E-state index contributed by atoms with van der Waals surface area (Å²) in [6, 6.07) is -0.945. The van der Waals surface area contributed by atoms with Gasteiger partial charge in [-0.3, -0.25) is 4.79 Å². The van der Waals surface area contributed by atoms with Gasteiger partial charge in [-0.05, 0) is 103 Å². The number of carbonyl (C=O) groups excluding carboxylic acids is 1. The molecule has 0 aromatic heterocycles. The highest BCUT2D eigenvalue weighted by Crippen LogP contribution is 2.30. The molecule has 2 rings (SSSR count). The number of ether oxygens (including phenoxy) is 4. The van der Waals surface area contributed by atoms with Gasteiger partial charge in [0.1, 0.15) is 48.8 Å². The summed E-state index contributed by atoms with van der Waals surface area (Å²) in [4.78, 5) is 13.4. The van der Waals surface area contributed by atoms with E-state index in [1.807, 2.05) is 6.08 Å². The highest BCUT2D eigenvalue weighted by atomic mass is 16.7. The molecule has 594 valence electrons. The molecule has 2 fully saturated rings. The molecule has 0 bridgehead atoms. The minimum Gasteiger partial charge on any atom is -0.394 e. The van der Waals surface area contributed by atoms with Crippen molar-refractivity contribution in [3.63, 3.8) is 0 Å². The van der Waals surface area contributed by atoms with Crippen LogP contribution in [-0.4, -0.2) is 140 Å². The lowest BCUT2D eigenvalue weighted by Crippen LogP contribution is -2.65. The number of rotatable bonds is 70. The maximum Gasteiger partial charge on any atom is 0.220 e. The summed E-state index contributed by atoms with van der Waals surface area (Å²) in [5, 5.41) is 87.7. The van der Waals surface area contributed by atoms with E-state index in [2.05, 4.69) is 129 Å². The van der Waals surface area contributed by atoms with Gasteiger partial charge in [0.25, 0.3) is 0 Å². The first-order valence-electron chi connectivity index (χ1n) is 42.3. The molecule has 12 unspecified atom stereocenters. The molecule has 12 atom stereocenters. The number of aliphatic hydroxyl groups excluding tert-OH is 8. The molecule has 0 aromatic carbocycles. The zero-order chi connectivity index (χ0) is 74.4. The summed E-state index contributed by atoms with van der Waals surface area (Å²) in [5.41, 5.74) is 0. The van der Waals surface area contributed by atoms with E-state index >= 15 is 0 Å². The third-order valence-electron chi connectivity index (χ3n) is 19.9. The van der Waals surface area contributed by atoms with E-state index in [0.29, 0.717) is 12.8 Å². The number of aliphatic hydroxyl groups is 8. The highest BCUT2D eigenvalue weighted by Gasteiger charge is 2.51. The minimum atomic E-state index is -1.80. The number of amides is 1. The van der Waals surface area contributed by atoms with E-state index in [1.54, 1.807) is 6.08 Å². The molecule has 2 heterocycles. The van der Waals surface area contributed by atoms with Crippen molar-refractivity contribution in [3.8, 4) is 0 Å². The summed E-state index contributed by atoms with van der Waals surface area (Å²) in [5.74, 6) is -0.251. The molecular weight excluding hydrogens is 1290 g/mol. The topological polar surface area (TPSA) is 228 Å². The van der Waals surface area contributed by atoms with Gasteiger partial charge in [-0.25, -0.2) is 0 Å². The Bertz CT molecular complexity index is 2200. The Kier molecular flexibility index (Phi) is 66.1. The van der Waals surface area contributed by atoms with Crippen molar-refractivity contribution < 1.29 is 64.6 Å². The largest absolute Gasteiger partial charge is 0.394 e. The molecule has 103 heavy (non-hydrogen) atoms. The Morgan fingerprint density at radius 3 is 1.07 bits per heavy atom. The minimum absolute atomic E-state index is 0.251. The summed E-state index contributed by atoms with van der Waals surface area (Å²) in [6.07, 6.45) is 88.6. The summed E-state index contributed by atoms with van der Waals surface area (Å²) >= 11 is 0. The van der Waals surface area contributed by atoms with Gasteiger partial charge in [-0.2, -0.15) is 0 Å². The second kappa shape index (κ2) is 71.3. The Balaban J connectivity index is 1.60. The average molecular weight is 1450 g/mol. The highest BCUT2D eigenvalue weighted by molar-refractivity contribution is 5.76. The molecular formula is C89H155NO13. The van der Waals surface area contributed by atoms with Crippen LogP contribution in [0.4, 0.5) is 0 Å². The SMILES string of the molecule is CC/C=C\C/C=C\C/C=C\C/C=C\C/C=C\C/C=C\C/C=C\CCCCCCCCCCCCCCCCCCCCCC(=O)NC(COC1OC(CO)C(OC2OC(CO)C(O)C(O)C2O)C(O)C1O)C(O)/C=C/CC/C=C/CC/C=C/CCCCCCCCCCCCCCCCCCCC. The third-order valence-corrected chi connectivity index (χ3v) is 19.9. The van der Waals surface area contributed by atoms with Crippen LogP contribution in [0.25, 0.3) is 0 Å². The molecule has 1 amide bonds. The maximum absolute atomic E-state index is 13.4. The number of carbonyl (C=O) groups is 1. The van der Waals surface area contributed by atoms with E-state index in [9.17, 15) is 45.6 Å². The van der Waals surface area contributed by atoms with Crippen LogP contribution in [0, 0.1) is 0 Å². The van der Waals surface area contributed by atoms with Crippen LogP contribution in [0.5, 0.6) is 0 Å². The van der Waals surface area contributed by atoms with E-state index in [4.69, 9.17) is 18.9 Å². The van der Waals surface area contributed by atoms with E-state index in [0.717, 1.165) is 89.9 Å². The third kappa shape index (κ3) is 53.8. The molecule has 0 spiro atoms. The zero-order valence-corrected chi connectivity index (χ0v) is 65.3. The van der Waals surface area contributed by atoms with E-state index in [-0.39, 0.29) is 18.9 Å². The lowest BCUT2D eigenvalue weighted by molar-refractivity contribution is -0.359. The van der Waals surface area contributed by atoms with Gasteiger partial charge in [0.15, 0.2) is 12.6 Å². The number of nitrogens with one attached hydrogen (secondary N) is 1. The molecule has 0 aliphatic carbocycles. The Morgan fingerprint density at radius 1 is 0.359 bits per heavy atom. The first-order chi connectivity index (χ1) is 50.6. The van der Waals surface area contributed by atoms with Gasteiger partial charge in [-0.1, -0.05) is 354 Å². The first-order valence-corrected chi connectivity index (χ1v) is 42.3. The monoisotopic (exact) mass is 1450 g/mol. The molecule has 0 radical (unpaired) electrons. The van der Waals surface area contributed by atoms with Crippen LogP contribution < -0.4 is 5.32 Å². The lowest BCUT2D eigenvalue weighted by atomic mass is 9.97. The molecule has 0 saturated carbocycles. The van der Waals surface area contributed by atoms with Crippen LogP contribution in [-0.2, 0) is 23.7 Å². The second-order valence-corrected chi connectivity index (χ2v) is 29.2. The van der Waals surface area contributed by atoms with Crippen molar-refractivity contribution in [2.75, 3.05) is 19.8 Å². The van der Waals surface area contributed by atoms with Crippen molar-refractivity contribution in [2.24, 2.45) is 0 Å². The fourth-order valence-corrected chi connectivity index (χ4v) is 13.2. The van der Waals surface area contributed by atoms with Crippen LogP contribution >= 0.6 is 0 Å². The normalized spacial score (nSPS) is 22.2. The summed E-state index contributed by atoms with van der Waals surface area (Å²) in [6.45, 7) is 2.70. The van der Waals surface area contributed by atoms with Crippen molar-refractivity contribution in [3.05, 3.63) is 122 Å². The van der Waals surface area contributed by atoms with Gasteiger partial charge in [-0.15, -0.1) is 0 Å². The van der Waals surface area contributed by atoms with E-state index in [1.165, 1.54) is 218 Å². The quantitative estimate of drug-likeness (QED) is 0.0204. The van der Waals surface area contributed by atoms with Crippen LogP contribution in [0.15, 0.2) is 122 Å². The van der Waals surface area contributed by atoms with Crippen molar-refractivity contribution in [1.82, 2.24) is 5.32 Å². The molecule has 2 aliphatic rings. The molecule has 14 nitrogen and oxygen atoms in total. The fraction of sp³-hybridized carbons (Fsp3) is 0.764. The van der Waals surface area contributed by atoms with E-state index < -0.39 is 86.8 Å². The maximum atomic E-state index is 13.4. The average Bonchev–Trinajstić information content (AvgIpc) is 0.791. The lowest BCUT2D eigenvalue weighted by Gasteiger charge is -2.46. The predicted octanol–water partition coefficient (Wildman–Crippen LogP) is 20.0. The molecule has 9 N–H and O–H groups in total. The van der Waals surface area contributed by atoms with Crippen LogP contribution in [0.2, 0.25) is 0 Å². The van der Waals surface area contributed by atoms with Gasteiger partial charge in [0, 0.05) is 6.42 Å². The van der Waals surface area contributed by atoms with Crippen molar-refractivity contribution >= 4 is 5.91 Å². The number of hydrogen-bond donors (Lipinski definition) is 9. The zero-order valence-electron chi connectivity index (χ0n) is 65.3. The van der Waals surface area contributed by atoms with Gasteiger partial charge in [0.2, 0.25) is 5.91 Å². The summed E-state index contributed by atoms with van der Waals surface area (Å²) in [7, 11) is 0. The summed E-state index contributed by atoms with van der Waals surface area (Å²) < 4.78 is 22.9. The smallest absolute Gasteiger partial charge is 0.220 e. The number of hydrogen-bond acceptors (Lipinski definition) is 13. The molecule has 2 aliphatic heterocycles. The van der Waals surface area contributed by atoms with Crippen molar-refractivity contribution in [2.45, 2.75) is 415 Å². The van der Waals surface area contributed by atoms with Gasteiger partial charge in [0.05, 0.1) is 32.0 Å². The second-order valence-electron chi connectivity index (χ2n) is 29.2. The molecule has 14 heteroatoms. The van der Waals surface area contributed by atoms with Gasteiger partial charge >= 0.3 is 0 Å². The van der Waals surface area contributed by atoms with Crippen LogP contribution in [0.1, 0.15) is 341 Å². The number of unbranched alkanes of at least 4 members (excludes halogenated alkanes) is 39. The standard InChI is InChI=1S/C89H155NO13/c1-3-5-7-9-11-13-15-17-19-21-23-25-27-29-31-33-34-35-36-37-38-39-40-41-42-43-44-45-47-49-51-53-55-57-59-61-63-65-67-69-71-73-81(94)90-77(76-100-88-86(99)84(97)87(80(75-92)102-88)103-89-85(98)83(96)82(95)79(74-91)101-89)78(93)72-70-68-66-64-62-60-58-56-54-52-50-48-46-32-30-28-26-24-22-20-18-16-14-12-10-8-6-4-2/h5,7,11,13,17,19,23,25,29,31,34-35,37-38,54,56,62,64,70,72,77-80,82-89,91-93,95-99H,3-4,6,8-10,12,14-16,18,20-22,24,26-28,30,32-33,36,39-53,55,57-61,63,65-69,71,73-76H2,1-2H3,(H,90,94)/b7-5-,13-11-,19-17-,25-23-,31-29-,35-34-,38-37-,56-54+,64-62+,72-70+. The fourth-order valence-electron chi connectivity index (χ4n) is 13.2.